The first-order valence-corrected chi connectivity index (χ1v) is 9.00. The highest BCUT2D eigenvalue weighted by Gasteiger charge is 2.11. The van der Waals surface area contributed by atoms with E-state index in [1.165, 1.54) is 12.3 Å². The average Bonchev–Trinajstić information content (AvgIpc) is 2.71. The van der Waals surface area contributed by atoms with Gasteiger partial charge in [-0.15, -0.1) is 0 Å². The van der Waals surface area contributed by atoms with E-state index in [9.17, 15) is 13.6 Å². The maximum Gasteiger partial charge on any atom is 0.387 e. The summed E-state index contributed by atoms with van der Waals surface area (Å²) < 4.78 is 29.2. The minimum absolute atomic E-state index is 0.0239. The number of nitrogens with zero attached hydrogens (tertiary/aromatic N) is 1. The van der Waals surface area contributed by atoms with E-state index in [2.05, 4.69) is 15.2 Å². The maximum atomic E-state index is 12.4. The molecule has 0 bridgehead atoms. The summed E-state index contributed by atoms with van der Waals surface area (Å²) in [5, 5.41) is 8.72. The molecule has 0 saturated heterocycles. The van der Waals surface area contributed by atoms with Crippen LogP contribution in [0.2, 0.25) is 0 Å². The van der Waals surface area contributed by atoms with Crippen LogP contribution in [0.4, 0.5) is 8.78 Å². The molecule has 5 nitrogen and oxygen atoms in total. The molecule has 0 aromatic heterocycles. The largest absolute Gasteiger partial charge is 0.434 e. The molecule has 0 aliphatic heterocycles. The number of oxime groups is 1. The van der Waals surface area contributed by atoms with Crippen LogP contribution in [-0.2, 0) is 9.63 Å². The Morgan fingerprint density at radius 2 is 1.79 bits per heavy atom. The van der Waals surface area contributed by atoms with E-state index in [1.807, 2.05) is 49.4 Å². The summed E-state index contributed by atoms with van der Waals surface area (Å²) in [6.45, 7) is -1.36. The third kappa shape index (κ3) is 5.75. The summed E-state index contributed by atoms with van der Waals surface area (Å²) in [6, 6.07) is 19.9. The summed E-state index contributed by atoms with van der Waals surface area (Å²) in [5.74, 6) is -0.371. The Morgan fingerprint density at radius 1 is 1.07 bits per heavy atom. The van der Waals surface area contributed by atoms with Crippen molar-refractivity contribution < 1.29 is 23.1 Å². The number of amides is 1. The van der Waals surface area contributed by atoms with Crippen LogP contribution in [0.15, 0.2) is 71.9 Å². The van der Waals surface area contributed by atoms with E-state index >= 15 is 0 Å². The molecule has 3 aromatic carbocycles. The molecule has 0 aliphatic rings. The Morgan fingerprint density at radius 3 is 2.59 bits per heavy atom. The fourth-order valence-corrected chi connectivity index (χ4v) is 2.82. The standard InChI is InChI=1S/C22H20F2N2O3/c1-15(17-11-10-16-6-2-3-7-18(16)12-17)26-21(27)14-28-25-13-19-8-4-5-9-20(19)29-22(23)24/h2-13,15,22H,14H2,1H3,(H,26,27)/b25-13-/t15-/m0/s1. The van der Waals surface area contributed by atoms with E-state index in [0.29, 0.717) is 5.56 Å². The van der Waals surface area contributed by atoms with Crippen LogP contribution in [0.25, 0.3) is 10.8 Å². The normalized spacial score (nSPS) is 12.3. The summed E-state index contributed by atoms with van der Waals surface area (Å²) >= 11 is 0. The second-order valence-corrected chi connectivity index (χ2v) is 6.32. The van der Waals surface area contributed by atoms with Crippen molar-refractivity contribution in [3.63, 3.8) is 0 Å². The molecular formula is C22H20F2N2O3. The Kier molecular flexibility index (Phi) is 6.73. The Balaban J connectivity index is 1.52. The predicted octanol–water partition coefficient (Wildman–Crippen LogP) is 4.67. The second-order valence-electron chi connectivity index (χ2n) is 6.32. The zero-order chi connectivity index (χ0) is 20.6. The van der Waals surface area contributed by atoms with E-state index in [4.69, 9.17) is 4.84 Å². The van der Waals surface area contributed by atoms with Crippen molar-refractivity contribution in [3.05, 3.63) is 77.9 Å². The van der Waals surface area contributed by atoms with E-state index in [-0.39, 0.29) is 24.3 Å². The molecule has 0 fully saturated rings. The molecule has 0 unspecified atom stereocenters. The van der Waals surface area contributed by atoms with Gasteiger partial charge in [-0.25, -0.2) is 0 Å². The number of ether oxygens (including phenoxy) is 1. The van der Waals surface area contributed by atoms with Crippen molar-refractivity contribution in [2.45, 2.75) is 19.6 Å². The van der Waals surface area contributed by atoms with Crippen molar-refractivity contribution in [2.24, 2.45) is 5.16 Å². The number of hydrogen-bond donors (Lipinski definition) is 1. The minimum atomic E-state index is -2.94. The van der Waals surface area contributed by atoms with Gasteiger partial charge >= 0.3 is 6.61 Å². The van der Waals surface area contributed by atoms with Gasteiger partial charge in [-0.2, -0.15) is 8.78 Å². The van der Waals surface area contributed by atoms with Crippen LogP contribution >= 0.6 is 0 Å². The van der Waals surface area contributed by atoms with Gasteiger partial charge in [-0.3, -0.25) is 4.79 Å². The molecule has 3 aromatic rings. The number of halogens is 2. The Labute approximate surface area is 166 Å². The molecule has 1 N–H and O–H groups in total. The van der Waals surface area contributed by atoms with Crippen LogP contribution < -0.4 is 10.1 Å². The highest BCUT2D eigenvalue weighted by Crippen LogP contribution is 2.20. The van der Waals surface area contributed by atoms with Gasteiger partial charge in [0.2, 0.25) is 0 Å². The minimum Gasteiger partial charge on any atom is -0.434 e. The lowest BCUT2D eigenvalue weighted by Gasteiger charge is -2.14. The monoisotopic (exact) mass is 398 g/mol. The molecule has 29 heavy (non-hydrogen) atoms. The number of hydrogen-bond acceptors (Lipinski definition) is 4. The lowest BCUT2D eigenvalue weighted by molar-refractivity contribution is -0.126. The van der Waals surface area contributed by atoms with Gasteiger partial charge in [0.25, 0.3) is 5.91 Å². The van der Waals surface area contributed by atoms with Gasteiger partial charge < -0.3 is 14.9 Å². The average molecular weight is 398 g/mol. The zero-order valence-electron chi connectivity index (χ0n) is 15.7. The van der Waals surface area contributed by atoms with Gasteiger partial charge in [0.15, 0.2) is 6.61 Å². The fourth-order valence-electron chi connectivity index (χ4n) is 2.82. The summed E-state index contributed by atoms with van der Waals surface area (Å²) in [5.41, 5.74) is 1.29. The number of carbonyl (C=O) groups excluding carboxylic acids is 1. The summed E-state index contributed by atoms with van der Waals surface area (Å²) in [6.07, 6.45) is 1.22. The highest BCUT2D eigenvalue weighted by atomic mass is 19.3. The van der Waals surface area contributed by atoms with Gasteiger partial charge in [0.05, 0.1) is 12.3 Å². The van der Waals surface area contributed by atoms with E-state index in [1.54, 1.807) is 18.2 Å². The number of fused-ring (bicyclic) bond motifs is 1. The van der Waals surface area contributed by atoms with Crippen molar-refractivity contribution in [2.75, 3.05) is 6.61 Å². The molecule has 0 radical (unpaired) electrons. The topological polar surface area (TPSA) is 59.9 Å². The number of alkyl halides is 2. The third-order valence-corrected chi connectivity index (χ3v) is 4.25. The first-order valence-electron chi connectivity index (χ1n) is 9.00. The Bertz CT molecular complexity index is 1010. The number of benzene rings is 3. The third-order valence-electron chi connectivity index (χ3n) is 4.25. The zero-order valence-corrected chi connectivity index (χ0v) is 15.7. The molecule has 1 atom stereocenters. The number of nitrogens with one attached hydrogen (secondary N) is 1. The van der Waals surface area contributed by atoms with E-state index in [0.717, 1.165) is 16.3 Å². The first-order chi connectivity index (χ1) is 14.0. The van der Waals surface area contributed by atoms with Crippen LogP contribution in [0, 0.1) is 0 Å². The van der Waals surface area contributed by atoms with Gasteiger partial charge in [-0.1, -0.05) is 53.7 Å². The predicted molar refractivity (Wildman–Crippen MR) is 107 cm³/mol. The number of para-hydroxylation sites is 1. The van der Waals surface area contributed by atoms with Crippen molar-refractivity contribution in [1.29, 1.82) is 0 Å². The molecule has 0 aliphatic carbocycles. The van der Waals surface area contributed by atoms with E-state index < -0.39 is 6.61 Å². The Hall–Kier alpha value is -3.48. The SMILES string of the molecule is C[C@H](NC(=O)CO/N=C\c1ccccc1OC(F)F)c1ccc2ccccc2c1. The van der Waals surface area contributed by atoms with Gasteiger partial charge in [-0.05, 0) is 41.5 Å². The summed E-state index contributed by atoms with van der Waals surface area (Å²) in [7, 11) is 0. The van der Waals surface area contributed by atoms with Gasteiger partial charge in [0.1, 0.15) is 5.75 Å². The smallest absolute Gasteiger partial charge is 0.387 e. The second kappa shape index (κ2) is 9.64. The van der Waals surface area contributed by atoms with Crippen LogP contribution in [0.1, 0.15) is 24.1 Å². The molecule has 150 valence electrons. The maximum absolute atomic E-state index is 12.4. The summed E-state index contributed by atoms with van der Waals surface area (Å²) in [4.78, 5) is 17.1. The number of carbonyl (C=O) groups is 1. The van der Waals surface area contributed by atoms with Gasteiger partial charge in [0, 0.05) is 5.56 Å². The lowest BCUT2D eigenvalue weighted by Crippen LogP contribution is -2.29. The molecule has 1 amide bonds. The number of rotatable bonds is 8. The van der Waals surface area contributed by atoms with Crippen molar-refractivity contribution in [3.8, 4) is 5.75 Å². The molecule has 3 rings (SSSR count). The quantitative estimate of drug-likeness (QED) is 0.443. The molecular weight excluding hydrogens is 378 g/mol. The van der Waals surface area contributed by atoms with Crippen LogP contribution in [-0.4, -0.2) is 25.3 Å². The van der Waals surface area contributed by atoms with Crippen LogP contribution in [0.3, 0.4) is 0 Å². The lowest BCUT2D eigenvalue weighted by atomic mass is 10.0. The van der Waals surface area contributed by atoms with Crippen LogP contribution in [0.5, 0.6) is 5.75 Å². The molecule has 0 saturated carbocycles. The first kappa shape index (κ1) is 20.3. The highest BCUT2D eigenvalue weighted by molar-refractivity contribution is 5.84. The fraction of sp³-hybridized carbons (Fsp3) is 0.182. The molecule has 0 spiro atoms. The molecule has 7 heteroatoms. The van der Waals surface area contributed by atoms with Crippen molar-refractivity contribution in [1.82, 2.24) is 5.32 Å². The molecule has 0 heterocycles. The van der Waals surface area contributed by atoms with Crippen molar-refractivity contribution >= 4 is 22.9 Å².